The van der Waals surface area contributed by atoms with Crippen molar-refractivity contribution in [2.75, 3.05) is 32.5 Å². The highest BCUT2D eigenvalue weighted by Gasteiger charge is 2.21. The van der Waals surface area contributed by atoms with Gasteiger partial charge in [-0.1, -0.05) is 6.92 Å². The fourth-order valence-electron chi connectivity index (χ4n) is 2.60. The summed E-state index contributed by atoms with van der Waals surface area (Å²) in [5.74, 6) is 0.521. The number of hydrogen-bond acceptors (Lipinski definition) is 4. The monoisotopic (exact) mass is 277 g/mol. The average molecular weight is 277 g/mol. The van der Waals surface area contributed by atoms with Crippen molar-refractivity contribution < 1.29 is 9.53 Å². The molecule has 1 unspecified atom stereocenters. The third-order valence-electron chi connectivity index (χ3n) is 3.71. The van der Waals surface area contributed by atoms with Crippen LogP contribution in [0.1, 0.15) is 30.1 Å². The highest BCUT2D eigenvalue weighted by atomic mass is 16.5. The van der Waals surface area contributed by atoms with E-state index in [-0.39, 0.29) is 11.9 Å². The summed E-state index contributed by atoms with van der Waals surface area (Å²) in [4.78, 5) is 14.6. The Morgan fingerprint density at radius 2 is 2.30 bits per heavy atom. The SMILES string of the molecule is CCN1CCCC(NC(=O)c2cc(N)cc(OC)c2)C1. The predicted octanol–water partition coefficient (Wildman–Crippen LogP) is 1.49. The van der Waals surface area contributed by atoms with Crippen molar-refractivity contribution in [3.05, 3.63) is 23.8 Å². The quantitative estimate of drug-likeness (QED) is 0.818. The second-order valence-corrected chi connectivity index (χ2v) is 5.20. The molecule has 0 saturated carbocycles. The lowest BCUT2D eigenvalue weighted by Gasteiger charge is -2.32. The molecule has 1 saturated heterocycles. The number of nitrogens with one attached hydrogen (secondary N) is 1. The molecule has 1 fully saturated rings. The summed E-state index contributed by atoms with van der Waals surface area (Å²) in [6.45, 7) is 5.21. The van der Waals surface area contributed by atoms with Gasteiger partial charge in [0.05, 0.1) is 7.11 Å². The molecule has 0 bridgehead atoms. The van der Waals surface area contributed by atoms with Crippen molar-refractivity contribution in [2.24, 2.45) is 0 Å². The average Bonchev–Trinajstić information content (AvgIpc) is 2.46. The Balaban J connectivity index is 2.02. The maximum absolute atomic E-state index is 12.3. The summed E-state index contributed by atoms with van der Waals surface area (Å²) in [6, 6.07) is 5.31. The Bertz CT molecular complexity index is 476. The molecule has 3 N–H and O–H groups in total. The molecule has 2 rings (SSSR count). The molecule has 1 aromatic rings. The Kier molecular flexibility index (Phi) is 4.84. The number of carbonyl (C=O) groups excluding carboxylic acids is 1. The zero-order valence-corrected chi connectivity index (χ0v) is 12.2. The molecule has 5 nitrogen and oxygen atoms in total. The first-order valence-corrected chi connectivity index (χ1v) is 7.10. The first kappa shape index (κ1) is 14.7. The molecule has 0 aromatic heterocycles. The number of hydrogen-bond donors (Lipinski definition) is 2. The standard InChI is InChI=1S/C15H23N3O2/c1-3-18-6-4-5-13(10-18)17-15(19)11-7-12(16)9-14(8-11)20-2/h7-9,13H,3-6,10,16H2,1-2H3,(H,17,19). The maximum atomic E-state index is 12.3. The zero-order valence-electron chi connectivity index (χ0n) is 12.2. The minimum absolute atomic E-state index is 0.0847. The number of anilines is 1. The van der Waals surface area contributed by atoms with Gasteiger partial charge < -0.3 is 20.7 Å². The lowest BCUT2D eigenvalue weighted by molar-refractivity contribution is 0.0905. The van der Waals surface area contributed by atoms with Gasteiger partial charge in [0.15, 0.2) is 0 Å². The Morgan fingerprint density at radius 3 is 3.00 bits per heavy atom. The topological polar surface area (TPSA) is 67.6 Å². The summed E-state index contributed by atoms with van der Waals surface area (Å²) in [5.41, 5.74) is 6.87. The van der Waals surface area contributed by atoms with Crippen LogP contribution in [0.15, 0.2) is 18.2 Å². The number of nitrogen functional groups attached to an aromatic ring is 1. The van der Waals surface area contributed by atoms with E-state index < -0.39 is 0 Å². The summed E-state index contributed by atoms with van der Waals surface area (Å²) in [5, 5.41) is 3.09. The molecule has 1 aliphatic heterocycles. The van der Waals surface area contributed by atoms with Crippen molar-refractivity contribution in [1.29, 1.82) is 0 Å². The molecule has 0 spiro atoms. The van der Waals surface area contributed by atoms with E-state index in [1.54, 1.807) is 25.3 Å². The van der Waals surface area contributed by atoms with Gasteiger partial charge >= 0.3 is 0 Å². The van der Waals surface area contributed by atoms with E-state index in [0.29, 0.717) is 17.0 Å². The number of nitrogens with two attached hydrogens (primary N) is 1. The number of ether oxygens (including phenoxy) is 1. The normalized spacial score (nSPS) is 19.6. The number of amides is 1. The van der Waals surface area contributed by atoms with Gasteiger partial charge in [-0.2, -0.15) is 0 Å². The van der Waals surface area contributed by atoms with Crippen LogP contribution in [0.3, 0.4) is 0 Å². The van der Waals surface area contributed by atoms with Crippen LogP contribution >= 0.6 is 0 Å². The van der Waals surface area contributed by atoms with Gasteiger partial charge in [-0.25, -0.2) is 0 Å². The number of piperidine rings is 1. The van der Waals surface area contributed by atoms with Gasteiger partial charge in [0.25, 0.3) is 5.91 Å². The minimum atomic E-state index is -0.0847. The van der Waals surface area contributed by atoms with Crippen LogP contribution in [0, 0.1) is 0 Å². The fourth-order valence-corrected chi connectivity index (χ4v) is 2.60. The summed E-state index contributed by atoms with van der Waals surface area (Å²) in [6.07, 6.45) is 2.15. The van der Waals surface area contributed by atoms with E-state index in [1.807, 2.05) is 0 Å². The number of nitrogens with zero attached hydrogens (tertiary/aromatic N) is 1. The van der Waals surface area contributed by atoms with E-state index in [4.69, 9.17) is 10.5 Å². The summed E-state index contributed by atoms with van der Waals surface area (Å²) in [7, 11) is 1.57. The number of carbonyl (C=O) groups is 1. The number of rotatable bonds is 4. The van der Waals surface area contributed by atoms with Crippen LogP contribution in [0.4, 0.5) is 5.69 Å². The molecule has 0 aliphatic carbocycles. The first-order chi connectivity index (χ1) is 9.62. The lowest BCUT2D eigenvalue weighted by atomic mass is 10.0. The van der Waals surface area contributed by atoms with Crippen LogP contribution in [-0.4, -0.2) is 43.6 Å². The minimum Gasteiger partial charge on any atom is -0.497 e. The van der Waals surface area contributed by atoms with Crippen LogP contribution in [0.25, 0.3) is 0 Å². The van der Waals surface area contributed by atoms with Crippen molar-refractivity contribution in [3.8, 4) is 5.75 Å². The number of methoxy groups -OCH3 is 1. The summed E-state index contributed by atoms with van der Waals surface area (Å²) < 4.78 is 5.14. The van der Waals surface area contributed by atoms with Crippen molar-refractivity contribution in [2.45, 2.75) is 25.8 Å². The first-order valence-electron chi connectivity index (χ1n) is 7.10. The number of benzene rings is 1. The largest absolute Gasteiger partial charge is 0.497 e. The predicted molar refractivity (Wildman–Crippen MR) is 80.0 cm³/mol. The van der Waals surface area contributed by atoms with Crippen molar-refractivity contribution >= 4 is 11.6 Å². The molecule has 20 heavy (non-hydrogen) atoms. The third kappa shape index (κ3) is 3.63. The maximum Gasteiger partial charge on any atom is 0.251 e. The van der Waals surface area contributed by atoms with Crippen LogP contribution in [-0.2, 0) is 0 Å². The molecule has 1 amide bonds. The second-order valence-electron chi connectivity index (χ2n) is 5.20. The Labute approximate surface area is 120 Å². The van der Waals surface area contributed by atoms with Gasteiger partial charge in [-0.05, 0) is 38.1 Å². The number of likely N-dealkylation sites (N-methyl/N-ethyl adjacent to an activating group) is 1. The van der Waals surface area contributed by atoms with E-state index in [1.165, 1.54) is 0 Å². The molecule has 110 valence electrons. The van der Waals surface area contributed by atoms with Crippen molar-refractivity contribution in [3.63, 3.8) is 0 Å². The van der Waals surface area contributed by atoms with Crippen LogP contribution in [0.2, 0.25) is 0 Å². The molecule has 5 heteroatoms. The van der Waals surface area contributed by atoms with Gasteiger partial charge in [0.2, 0.25) is 0 Å². The number of likely N-dealkylation sites (tertiary alicyclic amines) is 1. The van der Waals surface area contributed by atoms with Gasteiger partial charge in [0, 0.05) is 29.9 Å². The van der Waals surface area contributed by atoms with Crippen LogP contribution < -0.4 is 15.8 Å². The van der Waals surface area contributed by atoms with Gasteiger partial charge in [-0.3, -0.25) is 4.79 Å². The lowest BCUT2D eigenvalue weighted by Crippen LogP contribution is -2.47. The fraction of sp³-hybridized carbons (Fsp3) is 0.533. The van der Waals surface area contributed by atoms with E-state index in [0.717, 1.165) is 32.5 Å². The highest BCUT2D eigenvalue weighted by Crippen LogP contribution is 2.19. The molecule has 0 radical (unpaired) electrons. The van der Waals surface area contributed by atoms with Crippen molar-refractivity contribution in [1.82, 2.24) is 10.2 Å². The Hall–Kier alpha value is -1.75. The molecule has 1 atom stereocenters. The van der Waals surface area contributed by atoms with E-state index in [2.05, 4.69) is 17.1 Å². The van der Waals surface area contributed by atoms with Gasteiger partial charge in [-0.15, -0.1) is 0 Å². The molecule has 1 aromatic carbocycles. The third-order valence-corrected chi connectivity index (χ3v) is 3.71. The Morgan fingerprint density at radius 1 is 1.50 bits per heavy atom. The van der Waals surface area contributed by atoms with E-state index >= 15 is 0 Å². The summed E-state index contributed by atoms with van der Waals surface area (Å²) >= 11 is 0. The van der Waals surface area contributed by atoms with Gasteiger partial charge in [0.1, 0.15) is 5.75 Å². The molecule has 1 heterocycles. The molecule has 1 aliphatic rings. The van der Waals surface area contributed by atoms with E-state index in [9.17, 15) is 4.79 Å². The highest BCUT2D eigenvalue weighted by molar-refractivity contribution is 5.95. The van der Waals surface area contributed by atoms with Crippen LogP contribution in [0.5, 0.6) is 5.75 Å². The molecular weight excluding hydrogens is 254 g/mol. The molecular formula is C15H23N3O2. The second kappa shape index (κ2) is 6.61. The smallest absolute Gasteiger partial charge is 0.251 e. The zero-order chi connectivity index (χ0) is 14.5.